The van der Waals surface area contributed by atoms with Gasteiger partial charge in [0, 0.05) is 24.2 Å². The van der Waals surface area contributed by atoms with Gasteiger partial charge < -0.3 is 10.4 Å². The van der Waals surface area contributed by atoms with Crippen LogP contribution in [0.1, 0.15) is 42.7 Å². The summed E-state index contributed by atoms with van der Waals surface area (Å²) in [6, 6.07) is 10.6. The first-order valence-corrected chi connectivity index (χ1v) is 12.5. The number of hydrogen-bond donors (Lipinski definition) is 2. The summed E-state index contributed by atoms with van der Waals surface area (Å²) in [7, 11) is -3.73. The summed E-state index contributed by atoms with van der Waals surface area (Å²) in [5, 5.41) is 17.2. The highest BCUT2D eigenvalue weighted by molar-refractivity contribution is 7.90. The second-order valence-electron chi connectivity index (χ2n) is 8.84. The molecule has 2 aliphatic rings. The largest absolute Gasteiger partial charge is 0.381 e. The molecule has 3 aromatic rings. The van der Waals surface area contributed by atoms with Crippen molar-refractivity contribution in [1.82, 2.24) is 14.1 Å². The van der Waals surface area contributed by atoms with Crippen LogP contribution in [0.15, 0.2) is 36.4 Å². The lowest BCUT2D eigenvalue weighted by Crippen LogP contribution is -2.41. The summed E-state index contributed by atoms with van der Waals surface area (Å²) in [5.74, 6) is 0.673. The minimum atomic E-state index is -3.73. The van der Waals surface area contributed by atoms with E-state index >= 15 is 0 Å². The van der Waals surface area contributed by atoms with Crippen LogP contribution in [0.5, 0.6) is 0 Å². The SMILES string of the molecule is Cc1cc(Nc2nn(S(=O)(=O)C3CCN(CO)CC3)c3ccc(C4CC4)cc23)ccc1F. The fourth-order valence-electron chi connectivity index (χ4n) is 4.41. The molecule has 1 aromatic heterocycles. The molecule has 1 aliphatic heterocycles. The number of aromatic nitrogens is 2. The van der Waals surface area contributed by atoms with Gasteiger partial charge in [-0.1, -0.05) is 6.07 Å². The van der Waals surface area contributed by atoms with Crippen molar-refractivity contribution in [3.05, 3.63) is 53.3 Å². The molecule has 1 saturated carbocycles. The molecule has 1 saturated heterocycles. The van der Waals surface area contributed by atoms with Gasteiger partial charge in [0.25, 0.3) is 10.0 Å². The number of hydrogen-bond acceptors (Lipinski definition) is 6. The van der Waals surface area contributed by atoms with E-state index in [1.807, 2.05) is 23.1 Å². The second-order valence-corrected chi connectivity index (χ2v) is 10.9. The van der Waals surface area contributed by atoms with Crippen LogP contribution in [-0.4, -0.2) is 52.7 Å². The van der Waals surface area contributed by atoms with Crippen molar-refractivity contribution in [2.45, 2.75) is 43.8 Å². The van der Waals surface area contributed by atoms with Crippen LogP contribution < -0.4 is 5.32 Å². The highest BCUT2D eigenvalue weighted by Crippen LogP contribution is 2.42. The first-order valence-electron chi connectivity index (χ1n) is 11.0. The lowest BCUT2D eigenvalue weighted by atomic mass is 10.1. The molecule has 32 heavy (non-hydrogen) atoms. The molecule has 1 aliphatic carbocycles. The van der Waals surface area contributed by atoms with Gasteiger partial charge >= 0.3 is 0 Å². The van der Waals surface area contributed by atoms with Crippen molar-refractivity contribution < 1.29 is 17.9 Å². The van der Waals surface area contributed by atoms with Gasteiger partial charge in [-0.05, 0) is 80.0 Å². The van der Waals surface area contributed by atoms with E-state index in [-0.39, 0.29) is 12.5 Å². The number of nitrogens with one attached hydrogen (secondary N) is 1. The zero-order valence-corrected chi connectivity index (χ0v) is 18.8. The number of piperidine rings is 1. The van der Waals surface area contributed by atoms with E-state index in [0.717, 1.165) is 22.3 Å². The summed E-state index contributed by atoms with van der Waals surface area (Å²) >= 11 is 0. The van der Waals surface area contributed by atoms with Crippen LogP contribution in [0.4, 0.5) is 15.9 Å². The Kier molecular flexibility index (Phi) is 5.43. The molecule has 0 spiro atoms. The maximum absolute atomic E-state index is 13.7. The second kappa shape index (κ2) is 8.13. The predicted octanol–water partition coefficient (Wildman–Crippen LogP) is 3.70. The van der Waals surface area contributed by atoms with Crippen LogP contribution in [0, 0.1) is 12.7 Å². The molecular formula is C23H27FN4O3S. The number of aryl methyl sites for hydroxylation is 1. The Balaban J connectivity index is 1.56. The molecule has 0 radical (unpaired) electrons. The Hall–Kier alpha value is -2.49. The molecule has 0 unspecified atom stereocenters. The number of halogens is 1. The standard InChI is InChI=1S/C23H27FN4O3S/c1-15-12-18(5-6-21(15)24)25-23-20-13-17(16-2-3-16)4-7-22(20)28(26-23)32(30,31)19-8-10-27(14-29)11-9-19/h4-7,12-13,16,19,29H,2-3,8-11,14H2,1H3,(H,25,26). The number of likely N-dealkylation sites (tertiary alicyclic amines) is 1. The molecule has 5 rings (SSSR count). The molecule has 7 nitrogen and oxygen atoms in total. The van der Waals surface area contributed by atoms with E-state index in [2.05, 4.69) is 10.4 Å². The van der Waals surface area contributed by atoms with E-state index in [1.165, 1.54) is 11.6 Å². The smallest absolute Gasteiger partial charge is 0.257 e. The number of aliphatic hydroxyl groups excluding tert-OH is 1. The fourth-order valence-corrected chi connectivity index (χ4v) is 6.13. The Morgan fingerprint density at radius 1 is 1.12 bits per heavy atom. The van der Waals surface area contributed by atoms with Crippen molar-refractivity contribution in [3.8, 4) is 0 Å². The van der Waals surface area contributed by atoms with Crippen LogP contribution in [0.25, 0.3) is 10.9 Å². The number of benzene rings is 2. The fraction of sp³-hybridized carbons (Fsp3) is 0.435. The van der Waals surface area contributed by atoms with Crippen molar-refractivity contribution in [2.75, 3.05) is 25.1 Å². The monoisotopic (exact) mass is 458 g/mol. The van der Waals surface area contributed by atoms with Crippen molar-refractivity contribution >= 4 is 32.4 Å². The molecule has 2 N–H and O–H groups in total. The van der Waals surface area contributed by atoms with Gasteiger partial charge in [-0.2, -0.15) is 4.09 Å². The van der Waals surface area contributed by atoms with Crippen molar-refractivity contribution in [2.24, 2.45) is 0 Å². The maximum atomic E-state index is 13.7. The van der Waals surface area contributed by atoms with Crippen LogP contribution in [-0.2, 0) is 10.0 Å². The zero-order chi connectivity index (χ0) is 22.5. The van der Waals surface area contributed by atoms with Gasteiger partial charge in [-0.3, -0.25) is 4.90 Å². The average molecular weight is 459 g/mol. The van der Waals surface area contributed by atoms with Crippen LogP contribution in [0.2, 0.25) is 0 Å². The van der Waals surface area contributed by atoms with E-state index in [1.54, 1.807) is 19.1 Å². The highest BCUT2D eigenvalue weighted by atomic mass is 32.2. The molecule has 0 bridgehead atoms. The Morgan fingerprint density at radius 3 is 2.53 bits per heavy atom. The average Bonchev–Trinajstić information content (AvgIpc) is 3.58. The molecule has 0 atom stereocenters. The van der Waals surface area contributed by atoms with Crippen LogP contribution >= 0.6 is 0 Å². The van der Waals surface area contributed by atoms with Crippen molar-refractivity contribution in [1.29, 1.82) is 0 Å². The van der Waals surface area contributed by atoms with E-state index < -0.39 is 15.3 Å². The van der Waals surface area contributed by atoms with Gasteiger partial charge in [0.2, 0.25) is 0 Å². The molecule has 2 fully saturated rings. The molecule has 9 heteroatoms. The summed E-state index contributed by atoms with van der Waals surface area (Å²) in [6.45, 7) is 2.69. The van der Waals surface area contributed by atoms with Crippen molar-refractivity contribution in [3.63, 3.8) is 0 Å². The van der Waals surface area contributed by atoms with E-state index in [4.69, 9.17) is 0 Å². The summed E-state index contributed by atoms with van der Waals surface area (Å²) in [5.41, 5.74) is 2.88. The van der Waals surface area contributed by atoms with Gasteiger partial charge in [-0.15, -0.1) is 5.10 Å². The molecule has 2 heterocycles. The first kappa shape index (κ1) is 21.4. The van der Waals surface area contributed by atoms with Gasteiger partial charge in [0.1, 0.15) is 5.82 Å². The number of rotatable bonds is 6. The Bertz CT molecular complexity index is 1260. The molecule has 2 aromatic carbocycles. The lowest BCUT2D eigenvalue weighted by Gasteiger charge is -2.29. The van der Waals surface area contributed by atoms with E-state index in [0.29, 0.717) is 54.4 Å². The zero-order valence-electron chi connectivity index (χ0n) is 18.0. The van der Waals surface area contributed by atoms with Gasteiger partial charge in [0.15, 0.2) is 5.82 Å². The van der Waals surface area contributed by atoms with Gasteiger partial charge in [0.05, 0.1) is 17.5 Å². The third-order valence-corrected chi connectivity index (χ3v) is 8.61. The highest BCUT2D eigenvalue weighted by Gasteiger charge is 2.34. The first-order chi connectivity index (χ1) is 15.4. The molecule has 170 valence electrons. The normalized spacial score (nSPS) is 18.3. The maximum Gasteiger partial charge on any atom is 0.257 e. The number of fused-ring (bicyclic) bond motifs is 1. The topological polar surface area (TPSA) is 87.5 Å². The number of anilines is 2. The molecule has 0 amide bonds. The Morgan fingerprint density at radius 2 is 1.88 bits per heavy atom. The minimum absolute atomic E-state index is 0.0629. The summed E-state index contributed by atoms with van der Waals surface area (Å²) in [6.07, 6.45) is 3.18. The third-order valence-electron chi connectivity index (χ3n) is 6.54. The van der Waals surface area contributed by atoms with Gasteiger partial charge in [-0.25, -0.2) is 12.8 Å². The third kappa shape index (κ3) is 3.89. The quantitative estimate of drug-likeness (QED) is 0.586. The van der Waals surface area contributed by atoms with Crippen LogP contribution in [0.3, 0.4) is 0 Å². The predicted molar refractivity (Wildman–Crippen MR) is 122 cm³/mol. The summed E-state index contributed by atoms with van der Waals surface area (Å²) < 4.78 is 41.9. The lowest BCUT2D eigenvalue weighted by molar-refractivity contribution is 0.0902. The summed E-state index contributed by atoms with van der Waals surface area (Å²) in [4.78, 5) is 1.83. The number of nitrogens with zero attached hydrogens (tertiary/aromatic N) is 3. The molecular weight excluding hydrogens is 431 g/mol. The number of aliphatic hydroxyl groups is 1. The van der Waals surface area contributed by atoms with E-state index in [9.17, 15) is 17.9 Å². The minimum Gasteiger partial charge on any atom is -0.381 e. The Labute approximate surface area is 186 Å².